The van der Waals surface area contributed by atoms with Crippen molar-refractivity contribution in [3.8, 4) is 0 Å². The lowest BCUT2D eigenvalue weighted by Gasteiger charge is -2.07. The minimum atomic E-state index is -0.689. The van der Waals surface area contributed by atoms with E-state index < -0.39 is 16.9 Å². The lowest BCUT2D eigenvalue weighted by atomic mass is 10.2. The molecule has 1 aromatic rings. The van der Waals surface area contributed by atoms with Gasteiger partial charge in [-0.25, -0.2) is 4.79 Å². The first-order chi connectivity index (χ1) is 8.93. The van der Waals surface area contributed by atoms with E-state index in [0.29, 0.717) is 0 Å². The molecule has 4 N–H and O–H groups in total. The van der Waals surface area contributed by atoms with Crippen LogP contribution in [0.25, 0.3) is 0 Å². The number of primary amides is 1. The molecule has 0 saturated carbocycles. The van der Waals surface area contributed by atoms with E-state index in [-0.39, 0.29) is 28.8 Å². The van der Waals surface area contributed by atoms with Crippen molar-refractivity contribution in [3.05, 3.63) is 38.3 Å². The van der Waals surface area contributed by atoms with Gasteiger partial charge in [-0.05, 0) is 22.0 Å². The first kappa shape index (κ1) is 14.9. The Labute approximate surface area is 116 Å². The van der Waals surface area contributed by atoms with Crippen LogP contribution in [0.4, 0.5) is 10.5 Å². The predicted octanol–water partition coefficient (Wildman–Crippen LogP) is 0.755. The fourth-order valence-corrected chi connectivity index (χ4v) is 1.88. The van der Waals surface area contributed by atoms with E-state index in [2.05, 4.69) is 26.6 Å². The molecule has 0 spiro atoms. The highest BCUT2D eigenvalue weighted by Gasteiger charge is 2.18. The first-order valence-corrected chi connectivity index (χ1v) is 5.97. The predicted molar refractivity (Wildman–Crippen MR) is 70.7 cm³/mol. The summed E-state index contributed by atoms with van der Waals surface area (Å²) in [6.45, 7) is 0.338. The molecule has 0 atom stereocenters. The minimum Gasteiger partial charge on any atom is -0.352 e. The maximum Gasteiger partial charge on any atom is 0.312 e. The van der Waals surface area contributed by atoms with Gasteiger partial charge < -0.3 is 16.4 Å². The molecule has 19 heavy (non-hydrogen) atoms. The maximum atomic E-state index is 11.8. The topological polar surface area (TPSA) is 127 Å². The Bertz CT molecular complexity index is 520. The number of urea groups is 1. The zero-order valence-electron chi connectivity index (χ0n) is 9.68. The molecule has 1 aromatic carbocycles. The van der Waals surface area contributed by atoms with Crippen molar-refractivity contribution >= 4 is 33.6 Å². The standard InChI is InChI=1S/C10H11BrN4O4/c11-8-6(2-1-3-7(8)15(18)19)9(16)13-4-5-14-10(12)17/h1-3H,4-5H2,(H,13,16)(H3,12,14,17). The van der Waals surface area contributed by atoms with Crippen LogP contribution in [0.5, 0.6) is 0 Å². The van der Waals surface area contributed by atoms with Gasteiger partial charge in [0.15, 0.2) is 0 Å². The largest absolute Gasteiger partial charge is 0.352 e. The quantitative estimate of drug-likeness (QED) is 0.418. The SMILES string of the molecule is NC(=O)NCCNC(=O)c1cccc([N+](=O)[O-])c1Br. The summed E-state index contributed by atoms with van der Waals surface area (Å²) in [5.41, 5.74) is 4.81. The molecule has 0 radical (unpaired) electrons. The Kier molecular flexibility index (Phi) is 5.24. The molecule has 0 aliphatic heterocycles. The van der Waals surface area contributed by atoms with Gasteiger partial charge in [-0.15, -0.1) is 0 Å². The number of carbonyl (C=O) groups is 2. The van der Waals surface area contributed by atoms with E-state index in [0.717, 1.165) is 0 Å². The number of nitro groups is 1. The molecule has 8 nitrogen and oxygen atoms in total. The number of nitrogens with two attached hydrogens (primary N) is 1. The third-order valence-electron chi connectivity index (χ3n) is 2.13. The van der Waals surface area contributed by atoms with Gasteiger partial charge in [0.25, 0.3) is 11.6 Å². The van der Waals surface area contributed by atoms with E-state index in [1.54, 1.807) is 0 Å². The fraction of sp³-hybridized carbons (Fsp3) is 0.200. The van der Waals surface area contributed by atoms with Gasteiger partial charge in [-0.3, -0.25) is 14.9 Å². The van der Waals surface area contributed by atoms with Gasteiger partial charge in [0.05, 0.1) is 10.5 Å². The number of amides is 3. The molecule has 0 heterocycles. The highest BCUT2D eigenvalue weighted by Crippen LogP contribution is 2.27. The molecule has 3 amide bonds. The number of nitrogens with zero attached hydrogens (tertiary/aromatic N) is 1. The molecule has 0 aliphatic rings. The Hall–Kier alpha value is -2.16. The Morgan fingerprint density at radius 3 is 2.53 bits per heavy atom. The molecule has 0 fully saturated rings. The van der Waals surface area contributed by atoms with Crippen LogP contribution in [0.15, 0.2) is 22.7 Å². The summed E-state index contributed by atoms with van der Waals surface area (Å²) >= 11 is 3.02. The Morgan fingerprint density at radius 1 is 1.32 bits per heavy atom. The molecule has 102 valence electrons. The van der Waals surface area contributed by atoms with Gasteiger partial charge in [0.1, 0.15) is 4.47 Å². The van der Waals surface area contributed by atoms with Crippen LogP contribution >= 0.6 is 15.9 Å². The van der Waals surface area contributed by atoms with Crippen molar-refractivity contribution in [1.82, 2.24) is 10.6 Å². The lowest BCUT2D eigenvalue weighted by molar-refractivity contribution is -0.385. The van der Waals surface area contributed by atoms with Crippen molar-refractivity contribution in [2.45, 2.75) is 0 Å². The van der Waals surface area contributed by atoms with E-state index in [1.165, 1.54) is 18.2 Å². The summed E-state index contributed by atoms with van der Waals surface area (Å²) in [6, 6.07) is 3.47. The number of halogens is 1. The van der Waals surface area contributed by atoms with E-state index in [4.69, 9.17) is 5.73 Å². The smallest absolute Gasteiger partial charge is 0.312 e. The average molecular weight is 331 g/mol. The zero-order valence-corrected chi connectivity index (χ0v) is 11.3. The average Bonchev–Trinajstić information content (AvgIpc) is 2.34. The van der Waals surface area contributed by atoms with Gasteiger partial charge >= 0.3 is 6.03 Å². The molecule has 0 saturated heterocycles. The van der Waals surface area contributed by atoms with Gasteiger partial charge in [0, 0.05) is 19.2 Å². The Balaban J connectivity index is 2.70. The van der Waals surface area contributed by atoms with Crippen LogP contribution in [0.3, 0.4) is 0 Å². The van der Waals surface area contributed by atoms with E-state index >= 15 is 0 Å². The second-order valence-electron chi connectivity index (χ2n) is 3.44. The number of nitro benzene ring substituents is 1. The van der Waals surface area contributed by atoms with Crippen LogP contribution in [0.2, 0.25) is 0 Å². The van der Waals surface area contributed by atoms with Crippen LogP contribution in [-0.4, -0.2) is 30.0 Å². The number of carbonyl (C=O) groups excluding carboxylic acids is 2. The van der Waals surface area contributed by atoms with Crippen molar-refractivity contribution in [2.75, 3.05) is 13.1 Å². The van der Waals surface area contributed by atoms with Crippen molar-refractivity contribution in [3.63, 3.8) is 0 Å². The van der Waals surface area contributed by atoms with E-state index in [1.807, 2.05) is 0 Å². The summed E-state index contributed by atoms with van der Waals surface area (Å²) in [5, 5.41) is 15.5. The molecule has 1 rings (SSSR count). The molecule has 0 aliphatic carbocycles. The van der Waals surface area contributed by atoms with Crippen LogP contribution in [0.1, 0.15) is 10.4 Å². The second-order valence-corrected chi connectivity index (χ2v) is 4.24. The maximum absolute atomic E-state index is 11.8. The summed E-state index contributed by atoms with van der Waals surface area (Å²) in [6.07, 6.45) is 0. The number of benzene rings is 1. The Morgan fingerprint density at radius 2 is 1.95 bits per heavy atom. The molecular weight excluding hydrogens is 320 g/mol. The van der Waals surface area contributed by atoms with Crippen molar-refractivity contribution in [2.24, 2.45) is 5.73 Å². The number of rotatable bonds is 5. The molecule has 9 heteroatoms. The number of hydrogen-bond acceptors (Lipinski definition) is 4. The highest BCUT2D eigenvalue weighted by atomic mass is 79.9. The second kappa shape index (κ2) is 6.69. The minimum absolute atomic E-state index is 0.111. The third kappa shape index (κ3) is 4.21. The summed E-state index contributed by atoms with van der Waals surface area (Å²) in [7, 11) is 0. The van der Waals surface area contributed by atoms with Gasteiger partial charge in [-0.2, -0.15) is 0 Å². The normalized spacial score (nSPS) is 9.74. The highest BCUT2D eigenvalue weighted by molar-refractivity contribution is 9.10. The number of nitrogens with one attached hydrogen (secondary N) is 2. The molecule has 0 bridgehead atoms. The zero-order chi connectivity index (χ0) is 14.4. The van der Waals surface area contributed by atoms with Crippen molar-refractivity contribution in [1.29, 1.82) is 0 Å². The molecular formula is C10H11BrN4O4. The van der Waals surface area contributed by atoms with E-state index in [9.17, 15) is 19.7 Å². The summed E-state index contributed by atoms with van der Waals surface area (Å²) in [5.74, 6) is -0.484. The summed E-state index contributed by atoms with van der Waals surface area (Å²) < 4.78 is 0.111. The summed E-state index contributed by atoms with van der Waals surface area (Å²) in [4.78, 5) is 32.3. The van der Waals surface area contributed by atoms with Crippen molar-refractivity contribution < 1.29 is 14.5 Å². The van der Waals surface area contributed by atoms with Gasteiger partial charge in [-0.1, -0.05) is 6.07 Å². The van der Waals surface area contributed by atoms with Crippen LogP contribution in [-0.2, 0) is 0 Å². The first-order valence-electron chi connectivity index (χ1n) is 5.18. The fourth-order valence-electron chi connectivity index (χ4n) is 1.29. The van der Waals surface area contributed by atoms with Crippen LogP contribution in [0, 0.1) is 10.1 Å². The van der Waals surface area contributed by atoms with Gasteiger partial charge in [0.2, 0.25) is 0 Å². The molecule has 0 aromatic heterocycles. The monoisotopic (exact) mass is 330 g/mol. The molecule has 0 unspecified atom stereocenters. The third-order valence-corrected chi connectivity index (χ3v) is 2.96. The number of hydrogen-bond donors (Lipinski definition) is 3. The lowest BCUT2D eigenvalue weighted by Crippen LogP contribution is -2.37. The van der Waals surface area contributed by atoms with Crippen LogP contribution < -0.4 is 16.4 Å².